The maximum absolute atomic E-state index is 10.9. The van der Waals surface area contributed by atoms with Gasteiger partial charge < -0.3 is 4.98 Å². The molecule has 0 fully saturated rings. The van der Waals surface area contributed by atoms with E-state index in [1.807, 2.05) is 25.3 Å². The monoisotopic (exact) mass is 242 g/mol. The average Bonchev–Trinajstić information content (AvgIpc) is 2.72. The van der Waals surface area contributed by atoms with Crippen molar-refractivity contribution in [2.75, 3.05) is 6.54 Å². The van der Waals surface area contributed by atoms with E-state index in [-0.39, 0.29) is 5.78 Å². The van der Waals surface area contributed by atoms with Crippen molar-refractivity contribution in [2.45, 2.75) is 26.7 Å². The molecule has 1 aromatic carbocycles. The van der Waals surface area contributed by atoms with Gasteiger partial charge in [0.05, 0.1) is 0 Å². The third kappa shape index (κ3) is 3.06. The molecule has 3 nitrogen and oxygen atoms in total. The quantitative estimate of drug-likeness (QED) is 0.804. The molecule has 0 aliphatic heterocycles. The fourth-order valence-electron chi connectivity index (χ4n) is 2.12. The topological polar surface area (TPSA) is 45.2 Å². The van der Waals surface area contributed by atoms with Gasteiger partial charge in [-0.1, -0.05) is 18.2 Å². The summed E-state index contributed by atoms with van der Waals surface area (Å²) >= 11 is 0. The first-order valence-corrected chi connectivity index (χ1v) is 6.21. The molecule has 1 heterocycles. The molecular formula is C15H18N2O. The molecule has 18 heavy (non-hydrogen) atoms. The summed E-state index contributed by atoms with van der Waals surface area (Å²) in [6, 6.07) is 8.26. The lowest BCUT2D eigenvalue weighted by atomic mass is 10.1. The average molecular weight is 242 g/mol. The Hall–Kier alpha value is -1.90. The van der Waals surface area contributed by atoms with E-state index in [0.717, 1.165) is 24.2 Å². The van der Waals surface area contributed by atoms with Crippen LogP contribution < -0.4 is 0 Å². The number of aromatic nitrogens is 1. The van der Waals surface area contributed by atoms with Crippen LogP contribution in [0.1, 0.15) is 25.8 Å². The van der Waals surface area contributed by atoms with E-state index < -0.39 is 0 Å². The lowest BCUT2D eigenvalue weighted by Gasteiger charge is -1.99. The minimum Gasteiger partial charge on any atom is -0.361 e. The molecule has 3 heteroatoms. The maximum Gasteiger partial charge on any atom is 0.135 e. The van der Waals surface area contributed by atoms with Gasteiger partial charge in [0, 0.05) is 35.8 Å². The normalized spacial score (nSPS) is 12.0. The lowest BCUT2D eigenvalue weighted by Crippen LogP contribution is -2.01. The number of Topliss-reactive ketones (excluding diaryl/α,β-unsaturated/α-hetero) is 1. The summed E-state index contributed by atoms with van der Waals surface area (Å²) in [4.78, 5) is 18.6. The third-order valence-electron chi connectivity index (χ3n) is 2.94. The number of para-hydroxylation sites is 1. The Balaban J connectivity index is 2.00. The molecule has 0 saturated carbocycles. The minimum atomic E-state index is 0.170. The summed E-state index contributed by atoms with van der Waals surface area (Å²) in [6.45, 7) is 4.25. The zero-order valence-corrected chi connectivity index (χ0v) is 10.9. The summed E-state index contributed by atoms with van der Waals surface area (Å²) < 4.78 is 0. The van der Waals surface area contributed by atoms with Crippen molar-refractivity contribution in [1.29, 1.82) is 0 Å². The van der Waals surface area contributed by atoms with Gasteiger partial charge in [-0.15, -0.1) is 0 Å². The molecule has 0 saturated heterocycles. The number of nitrogens with zero attached hydrogens (tertiary/aromatic N) is 1. The van der Waals surface area contributed by atoms with Crippen molar-refractivity contribution in [3.05, 3.63) is 36.0 Å². The minimum absolute atomic E-state index is 0.170. The van der Waals surface area contributed by atoms with Crippen molar-refractivity contribution in [2.24, 2.45) is 4.99 Å². The molecule has 2 aromatic rings. The van der Waals surface area contributed by atoms with Crippen LogP contribution in [-0.2, 0) is 11.2 Å². The summed E-state index contributed by atoms with van der Waals surface area (Å²) in [5.74, 6) is 0.170. The lowest BCUT2D eigenvalue weighted by molar-refractivity contribution is -0.115. The van der Waals surface area contributed by atoms with E-state index >= 15 is 0 Å². The first-order chi connectivity index (χ1) is 8.66. The summed E-state index contributed by atoms with van der Waals surface area (Å²) in [6.07, 6.45) is 3.41. The largest absolute Gasteiger partial charge is 0.361 e. The SMILES string of the molecule is CC(=O)CC(C)=NCCc1c[nH]c2ccccc12. The fraction of sp³-hybridized carbons (Fsp3) is 0.333. The van der Waals surface area contributed by atoms with E-state index in [9.17, 15) is 4.79 Å². The zero-order valence-electron chi connectivity index (χ0n) is 10.9. The number of ketones is 1. The molecule has 0 amide bonds. The number of aromatic amines is 1. The number of H-pyrrole nitrogens is 1. The van der Waals surface area contributed by atoms with Gasteiger partial charge in [0.15, 0.2) is 0 Å². The second-order valence-corrected chi connectivity index (χ2v) is 4.61. The van der Waals surface area contributed by atoms with Crippen LogP contribution in [0.3, 0.4) is 0 Å². The molecule has 1 N–H and O–H groups in total. The van der Waals surface area contributed by atoms with E-state index in [1.54, 1.807) is 6.92 Å². The van der Waals surface area contributed by atoms with E-state index in [1.165, 1.54) is 10.9 Å². The predicted molar refractivity (Wildman–Crippen MR) is 75.3 cm³/mol. The first kappa shape index (κ1) is 12.6. The van der Waals surface area contributed by atoms with Gasteiger partial charge in [-0.2, -0.15) is 0 Å². The van der Waals surface area contributed by atoms with Crippen LogP contribution in [0.5, 0.6) is 0 Å². The van der Waals surface area contributed by atoms with Crippen LogP contribution >= 0.6 is 0 Å². The highest BCUT2D eigenvalue weighted by Crippen LogP contribution is 2.17. The predicted octanol–water partition coefficient (Wildman–Crippen LogP) is 3.15. The van der Waals surface area contributed by atoms with Gasteiger partial charge in [0.1, 0.15) is 5.78 Å². The number of aliphatic imine (C=N–C) groups is 1. The van der Waals surface area contributed by atoms with Crippen LogP contribution in [-0.4, -0.2) is 23.0 Å². The molecule has 94 valence electrons. The number of nitrogens with one attached hydrogen (secondary N) is 1. The highest BCUT2D eigenvalue weighted by molar-refractivity contribution is 5.99. The second kappa shape index (κ2) is 5.63. The highest BCUT2D eigenvalue weighted by Gasteiger charge is 2.02. The van der Waals surface area contributed by atoms with E-state index in [2.05, 4.69) is 22.1 Å². The number of hydrogen-bond donors (Lipinski definition) is 1. The number of hydrogen-bond acceptors (Lipinski definition) is 2. The van der Waals surface area contributed by atoms with Crippen LogP contribution in [0.2, 0.25) is 0 Å². The number of carbonyl (C=O) groups excluding carboxylic acids is 1. The van der Waals surface area contributed by atoms with Crippen LogP contribution in [0, 0.1) is 0 Å². The number of fused-ring (bicyclic) bond motifs is 1. The Morgan fingerprint density at radius 3 is 2.83 bits per heavy atom. The maximum atomic E-state index is 10.9. The number of benzene rings is 1. The van der Waals surface area contributed by atoms with Crippen molar-refractivity contribution >= 4 is 22.4 Å². The number of rotatable bonds is 5. The molecule has 2 rings (SSSR count). The van der Waals surface area contributed by atoms with Crippen molar-refractivity contribution in [3.8, 4) is 0 Å². The van der Waals surface area contributed by atoms with Crippen LogP contribution in [0.15, 0.2) is 35.5 Å². The van der Waals surface area contributed by atoms with Gasteiger partial charge in [-0.3, -0.25) is 9.79 Å². The van der Waals surface area contributed by atoms with Gasteiger partial charge in [-0.05, 0) is 31.9 Å². The standard InChI is InChI=1S/C15H18N2O/c1-11(9-12(2)18)16-8-7-13-10-17-15-6-4-3-5-14(13)15/h3-6,10,17H,7-9H2,1-2H3. The molecule has 1 aromatic heterocycles. The molecule has 0 atom stereocenters. The molecule has 0 unspecified atom stereocenters. The molecule has 0 bridgehead atoms. The Bertz CT molecular complexity index is 581. The van der Waals surface area contributed by atoms with Crippen molar-refractivity contribution in [3.63, 3.8) is 0 Å². The van der Waals surface area contributed by atoms with Gasteiger partial charge in [-0.25, -0.2) is 0 Å². The van der Waals surface area contributed by atoms with Crippen molar-refractivity contribution in [1.82, 2.24) is 4.98 Å². The summed E-state index contributed by atoms with van der Waals surface area (Å²) in [5, 5.41) is 1.26. The van der Waals surface area contributed by atoms with Gasteiger partial charge >= 0.3 is 0 Å². The van der Waals surface area contributed by atoms with Gasteiger partial charge in [0.25, 0.3) is 0 Å². The Kier molecular flexibility index (Phi) is 3.92. The Morgan fingerprint density at radius 1 is 1.28 bits per heavy atom. The molecular weight excluding hydrogens is 224 g/mol. The van der Waals surface area contributed by atoms with Gasteiger partial charge in [0.2, 0.25) is 0 Å². The second-order valence-electron chi connectivity index (χ2n) is 4.61. The molecule has 0 radical (unpaired) electrons. The van der Waals surface area contributed by atoms with E-state index in [0.29, 0.717) is 6.42 Å². The van der Waals surface area contributed by atoms with Crippen LogP contribution in [0.25, 0.3) is 10.9 Å². The Morgan fingerprint density at radius 2 is 2.06 bits per heavy atom. The fourth-order valence-corrected chi connectivity index (χ4v) is 2.12. The third-order valence-corrected chi connectivity index (χ3v) is 2.94. The molecule has 0 aliphatic rings. The smallest absolute Gasteiger partial charge is 0.135 e. The number of carbonyl (C=O) groups is 1. The van der Waals surface area contributed by atoms with E-state index in [4.69, 9.17) is 0 Å². The van der Waals surface area contributed by atoms with Crippen LogP contribution in [0.4, 0.5) is 0 Å². The summed E-state index contributed by atoms with van der Waals surface area (Å²) in [5.41, 5.74) is 3.37. The Labute approximate surface area is 107 Å². The summed E-state index contributed by atoms with van der Waals surface area (Å²) in [7, 11) is 0. The molecule has 0 aliphatic carbocycles. The van der Waals surface area contributed by atoms with Crippen molar-refractivity contribution < 1.29 is 4.79 Å². The first-order valence-electron chi connectivity index (χ1n) is 6.21. The molecule has 0 spiro atoms. The zero-order chi connectivity index (χ0) is 13.0. The highest BCUT2D eigenvalue weighted by atomic mass is 16.1.